The van der Waals surface area contributed by atoms with Gasteiger partial charge in [-0.25, -0.2) is 0 Å². The molecule has 4 nitrogen and oxygen atoms in total. The molecule has 0 spiro atoms. The van der Waals surface area contributed by atoms with Gasteiger partial charge in [0.1, 0.15) is 11.8 Å². The van der Waals surface area contributed by atoms with Gasteiger partial charge in [-0.15, -0.1) is 0 Å². The molecule has 0 heterocycles. The molecule has 0 radical (unpaired) electrons. The predicted octanol–water partition coefficient (Wildman–Crippen LogP) is 6.24. The number of ether oxygens (including phenoxy) is 3. The quantitative estimate of drug-likeness (QED) is 0.263. The first kappa shape index (κ1) is 24.9. The minimum Gasteiger partial charge on any atom is -0.373 e. The number of hydrogen-bond donors (Lipinski definition) is 1. The Bertz CT molecular complexity index is 739. The number of unbranched alkanes of at least 4 members (excludes halogenated alkanes) is 5. The summed E-state index contributed by atoms with van der Waals surface area (Å²) in [4.78, 5) is 0. The van der Waals surface area contributed by atoms with Gasteiger partial charge in [0, 0.05) is 19.4 Å². The second-order valence-electron chi connectivity index (χ2n) is 8.90. The van der Waals surface area contributed by atoms with Gasteiger partial charge in [-0.3, -0.25) is 5.32 Å². The van der Waals surface area contributed by atoms with E-state index in [1.165, 1.54) is 43.2 Å². The van der Waals surface area contributed by atoms with E-state index in [2.05, 4.69) is 60.8 Å². The molecule has 0 aromatic heterocycles. The van der Waals surface area contributed by atoms with Gasteiger partial charge in [0.05, 0.1) is 19.3 Å². The van der Waals surface area contributed by atoms with Crippen molar-refractivity contribution in [3.05, 3.63) is 71.8 Å². The Hall–Kier alpha value is -1.72. The number of benzene rings is 2. The highest BCUT2D eigenvalue weighted by Gasteiger charge is 2.49. The molecule has 0 bridgehead atoms. The third-order valence-corrected chi connectivity index (χ3v) is 6.43. The molecule has 0 saturated heterocycles. The highest BCUT2D eigenvalue weighted by atomic mass is 16.6. The number of hydrogen-bond acceptors (Lipinski definition) is 4. The number of rotatable bonds is 15. The van der Waals surface area contributed by atoms with Crippen LogP contribution in [0.1, 0.15) is 69.4 Å². The van der Waals surface area contributed by atoms with Crippen LogP contribution in [0, 0.1) is 0 Å². The number of nitrogens with one attached hydrogen (secondary N) is 1. The lowest BCUT2D eigenvalue weighted by Gasteiger charge is -2.35. The molecule has 0 amide bonds. The van der Waals surface area contributed by atoms with Gasteiger partial charge in [-0.05, 0) is 24.6 Å². The fourth-order valence-corrected chi connectivity index (χ4v) is 4.49. The lowest BCUT2D eigenvalue weighted by atomic mass is 10.1. The molecule has 1 fully saturated rings. The van der Waals surface area contributed by atoms with Crippen LogP contribution in [0.25, 0.3) is 0 Å². The summed E-state index contributed by atoms with van der Waals surface area (Å²) in [5, 5.41) is 3.48. The van der Waals surface area contributed by atoms with E-state index in [1.54, 1.807) is 0 Å². The summed E-state index contributed by atoms with van der Waals surface area (Å²) >= 11 is 0. The molecule has 4 heteroatoms. The van der Waals surface area contributed by atoms with Crippen molar-refractivity contribution in [2.45, 2.75) is 89.4 Å². The average molecular weight is 440 g/mol. The van der Waals surface area contributed by atoms with E-state index in [-0.39, 0.29) is 12.2 Å². The van der Waals surface area contributed by atoms with E-state index < -0.39 is 5.72 Å². The van der Waals surface area contributed by atoms with Crippen LogP contribution in [0.3, 0.4) is 0 Å². The third kappa shape index (κ3) is 7.70. The molecule has 1 saturated carbocycles. The molecular formula is C28H41NO3. The summed E-state index contributed by atoms with van der Waals surface area (Å²) in [6.45, 7) is 4.21. The van der Waals surface area contributed by atoms with E-state index in [4.69, 9.17) is 14.2 Å². The van der Waals surface area contributed by atoms with Crippen molar-refractivity contribution in [1.29, 1.82) is 0 Å². The maximum absolute atomic E-state index is 6.51. The first-order valence-electron chi connectivity index (χ1n) is 12.4. The van der Waals surface area contributed by atoms with Crippen LogP contribution >= 0.6 is 0 Å². The largest absolute Gasteiger partial charge is 0.373 e. The molecule has 2 aromatic carbocycles. The highest BCUT2D eigenvalue weighted by molar-refractivity contribution is 5.14. The molecule has 2 aromatic rings. The van der Waals surface area contributed by atoms with E-state index in [9.17, 15) is 0 Å². The molecule has 1 N–H and O–H groups in total. The van der Waals surface area contributed by atoms with Crippen molar-refractivity contribution in [1.82, 2.24) is 5.32 Å². The Kier molecular flexibility index (Phi) is 10.7. The molecular weight excluding hydrogens is 398 g/mol. The second-order valence-corrected chi connectivity index (χ2v) is 8.90. The summed E-state index contributed by atoms with van der Waals surface area (Å²) in [7, 11) is 1.99. The van der Waals surface area contributed by atoms with Gasteiger partial charge in [0.2, 0.25) is 0 Å². The van der Waals surface area contributed by atoms with E-state index >= 15 is 0 Å². The average Bonchev–Trinajstić information content (AvgIpc) is 3.20. The molecule has 3 rings (SSSR count). The van der Waals surface area contributed by atoms with Gasteiger partial charge in [-0.1, -0.05) is 99.7 Å². The maximum Gasteiger partial charge on any atom is 0.147 e. The molecule has 176 valence electrons. The Labute approximate surface area is 194 Å². The van der Waals surface area contributed by atoms with Gasteiger partial charge >= 0.3 is 0 Å². The van der Waals surface area contributed by atoms with Crippen LogP contribution in [-0.2, 0) is 27.4 Å². The second kappa shape index (κ2) is 13.7. The zero-order valence-electron chi connectivity index (χ0n) is 19.9. The van der Waals surface area contributed by atoms with Crippen molar-refractivity contribution in [3.8, 4) is 0 Å². The van der Waals surface area contributed by atoms with Crippen molar-refractivity contribution in [2.24, 2.45) is 0 Å². The summed E-state index contributed by atoms with van der Waals surface area (Å²) in [5.41, 5.74) is 1.88. The van der Waals surface area contributed by atoms with Crippen LogP contribution in [0.2, 0.25) is 0 Å². The molecule has 1 aliphatic carbocycles. The Morgan fingerprint density at radius 1 is 0.812 bits per heavy atom. The minimum atomic E-state index is -0.500. The van der Waals surface area contributed by atoms with Crippen LogP contribution in [-0.4, -0.2) is 31.6 Å². The zero-order valence-corrected chi connectivity index (χ0v) is 19.9. The fourth-order valence-electron chi connectivity index (χ4n) is 4.49. The summed E-state index contributed by atoms with van der Waals surface area (Å²) in [5.74, 6) is 0. The van der Waals surface area contributed by atoms with Crippen LogP contribution in [0.5, 0.6) is 0 Å². The maximum atomic E-state index is 6.51. The number of likely N-dealkylation sites (N-methyl/N-ethyl adjacent to an activating group) is 1. The first-order chi connectivity index (χ1) is 15.8. The first-order valence-corrected chi connectivity index (χ1v) is 12.4. The smallest absolute Gasteiger partial charge is 0.147 e. The highest BCUT2D eigenvalue weighted by Crippen LogP contribution is 2.36. The predicted molar refractivity (Wildman–Crippen MR) is 130 cm³/mol. The van der Waals surface area contributed by atoms with Crippen LogP contribution < -0.4 is 5.32 Å². The molecule has 3 atom stereocenters. The van der Waals surface area contributed by atoms with Gasteiger partial charge in [0.25, 0.3) is 0 Å². The van der Waals surface area contributed by atoms with E-state index in [0.29, 0.717) is 13.2 Å². The van der Waals surface area contributed by atoms with E-state index in [1.807, 2.05) is 19.2 Å². The molecule has 0 unspecified atom stereocenters. The van der Waals surface area contributed by atoms with Crippen LogP contribution in [0.15, 0.2) is 60.7 Å². The van der Waals surface area contributed by atoms with Gasteiger partial charge in [-0.2, -0.15) is 0 Å². The Morgan fingerprint density at radius 2 is 1.41 bits per heavy atom. The Morgan fingerprint density at radius 3 is 2.03 bits per heavy atom. The van der Waals surface area contributed by atoms with Gasteiger partial charge < -0.3 is 14.2 Å². The fraction of sp³-hybridized carbons (Fsp3) is 0.571. The summed E-state index contributed by atoms with van der Waals surface area (Å²) in [6.07, 6.45) is 9.23. The lowest BCUT2D eigenvalue weighted by molar-refractivity contribution is -0.151. The van der Waals surface area contributed by atoms with Crippen LogP contribution in [0.4, 0.5) is 0 Å². The van der Waals surface area contributed by atoms with Crippen molar-refractivity contribution in [3.63, 3.8) is 0 Å². The molecule has 1 aliphatic rings. The van der Waals surface area contributed by atoms with Crippen molar-refractivity contribution < 1.29 is 14.2 Å². The standard InChI is InChI=1S/C28H41NO3/c1-3-4-5-6-7-14-19-32-28(29-2)21-26(30-22-24-15-10-8-11-16-24)20-27(28)31-23-25-17-12-9-13-18-25/h8-13,15-18,26-27,29H,3-7,14,19-23H2,1-2H3/t26-,27+,28-/m1/s1. The summed E-state index contributed by atoms with van der Waals surface area (Å²) < 4.78 is 19.2. The monoisotopic (exact) mass is 439 g/mol. The SMILES string of the molecule is CCCCCCCCO[C@]1(NC)C[C@H](OCc2ccccc2)C[C@@H]1OCc1ccccc1. The zero-order chi connectivity index (χ0) is 22.5. The third-order valence-electron chi connectivity index (χ3n) is 6.43. The van der Waals surface area contributed by atoms with Gasteiger partial charge in [0.15, 0.2) is 0 Å². The molecule has 32 heavy (non-hydrogen) atoms. The summed E-state index contributed by atoms with van der Waals surface area (Å²) in [6, 6.07) is 20.7. The van der Waals surface area contributed by atoms with Crippen molar-refractivity contribution >= 4 is 0 Å². The molecule has 0 aliphatic heterocycles. The normalized spacial score (nSPS) is 22.9. The minimum absolute atomic E-state index is 0.0476. The van der Waals surface area contributed by atoms with Crippen molar-refractivity contribution in [2.75, 3.05) is 13.7 Å². The Balaban J connectivity index is 1.56. The topological polar surface area (TPSA) is 39.7 Å². The van der Waals surface area contributed by atoms with E-state index in [0.717, 1.165) is 25.9 Å². The lowest BCUT2D eigenvalue weighted by Crippen LogP contribution is -2.53.